The number of carbonyl (C=O) groups excluding carboxylic acids is 2. The molecule has 1 atom stereocenters. The number of nitrogens with zero attached hydrogens (tertiary/aromatic N) is 3. The summed E-state index contributed by atoms with van der Waals surface area (Å²) in [6, 6.07) is 8.28. The predicted molar refractivity (Wildman–Crippen MR) is 145 cm³/mol. The Morgan fingerprint density at radius 2 is 1.83 bits per heavy atom. The Kier molecular flexibility index (Phi) is 8.81. The van der Waals surface area contributed by atoms with Crippen molar-refractivity contribution in [3.05, 3.63) is 59.3 Å². The van der Waals surface area contributed by atoms with Crippen LogP contribution in [-0.4, -0.2) is 84.8 Å². The van der Waals surface area contributed by atoms with E-state index < -0.39 is 23.2 Å². The molecule has 5 rings (SSSR count). The number of hydrogen-bond donors (Lipinski definition) is 3. The molecule has 2 saturated heterocycles. The van der Waals surface area contributed by atoms with E-state index in [1.54, 1.807) is 6.20 Å². The normalized spacial score (nSPS) is 25.6. The molecule has 222 valence electrons. The van der Waals surface area contributed by atoms with Crippen molar-refractivity contribution in [2.24, 2.45) is 0 Å². The number of morpholine rings is 1. The number of alkyl halides is 3. The third kappa shape index (κ3) is 7.17. The Morgan fingerprint density at radius 3 is 2.51 bits per heavy atom. The molecule has 3 heterocycles. The first-order chi connectivity index (χ1) is 19.6. The Labute approximate surface area is 237 Å². The van der Waals surface area contributed by atoms with Crippen molar-refractivity contribution in [2.75, 3.05) is 50.8 Å². The van der Waals surface area contributed by atoms with Crippen LogP contribution in [0.15, 0.2) is 42.6 Å². The van der Waals surface area contributed by atoms with Crippen molar-refractivity contribution in [3.8, 4) is 0 Å². The molecule has 0 radical (unpaired) electrons. The molecular formula is C29H36F3N5O4. The third-order valence-corrected chi connectivity index (χ3v) is 8.37. The van der Waals surface area contributed by atoms with E-state index in [-0.39, 0.29) is 24.1 Å². The van der Waals surface area contributed by atoms with E-state index in [1.807, 2.05) is 12.1 Å². The third-order valence-electron chi connectivity index (χ3n) is 8.37. The number of halogens is 3. The topological polar surface area (TPSA) is 107 Å². The lowest BCUT2D eigenvalue weighted by Crippen LogP contribution is -2.45. The number of nitrogens with one attached hydrogen (secondary N) is 2. The van der Waals surface area contributed by atoms with E-state index >= 15 is 0 Å². The van der Waals surface area contributed by atoms with Crippen LogP contribution in [0.4, 0.5) is 19.0 Å². The van der Waals surface area contributed by atoms with Gasteiger partial charge in [0.15, 0.2) is 0 Å². The van der Waals surface area contributed by atoms with Gasteiger partial charge in [0.2, 0.25) is 5.91 Å². The molecule has 2 aliphatic heterocycles. The zero-order chi connectivity index (χ0) is 29.0. The molecule has 41 heavy (non-hydrogen) atoms. The molecule has 1 unspecified atom stereocenters. The van der Waals surface area contributed by atoms with E-state index in [4.69, 9.17) is 4.74 Å². The summed E-state index contributed by atoms with van der Waals surface area (Å²) < 4.78 is 44.1. The fraction of sp³-hybridized carbons (Fsp3) is 0.552. The standard InChI is InChI=1S/C29H36F3N5O4/c30-29(31,32)21-3-1-2-20(16-21)27(39)34-18-26(38)35-23-8-11-37(19-23)24-6-9-28(40,10-7-24)22-4-5-25(33-17-22)36-12-14-41-15-13-36/h1-5,16-17,23-24,40H,6-15,18-19H2,(H,34,39)(H,35,38). The summed E-state index contributed by atoms with van der Waals surface area (Å²) in [5.41, 5.74) is -1.13. The number of aromatic nitrogens is 1. The number of ether oxygens (including phenoxy) is 1. The van der Waals surface area contributed by atoms with Gasteiger partial charge in [-0.3, -0.25) is 14.5 Å². The van der Waals surface area contributed by atoms with Gasteiger partial charge in [-0.05, 0) is 56.4 Å². The Hall–Kier alpha value is -3.22. The molecule has 2 amide bonds. The average Bonchev–Trinajstić information content (AvgIpc) is 3.44. The molecule has 1 aromatic heterocycles. The van der Waals surface area contributed by atoms with E-state index in [2.05, 4.69) is 25.4 Å². The first-order valence-electron chi connectivity index (χ1n) is 14.1. The molecule has 3 fully saturated rings. The molecule has 3 N–H and O–H groups in total. The lowest BCUT2D eigenvalue weighted by Gasteiger charge is -2.40. The largest absolute Gasteiger partial charge is 0.416 e. The second kappa shape index (κ2) is 12.3. The minimum atomic E-state index is -4.55. The number of hydrogen-bond acceptors (Lipinski definition) is 7. The zero-order valence-electron chi connectivity index (χ0n) is 22.8. The van der Waals surface area contributed by atoms with Gasteiger partial charge in [-0.2, -0.15) is 13.2 Å². The van der Waals surface area contributed by atoms with Gasteiger partial charge in [0.1, 0.15) is 5.82 Å². The van der Waals surface area contributed by atoms with Crippen LogP contribution >= 0.6 is 0 Å². The van der Waals surface area contributed by atoms with Crippen molar-refractivity contribution in [2.45, 2.75) is 56.0 Å². The van der Waals surface area contributed by atoms with Gasteiger partial charge >= 0.3 is 6.18 Å². The molecular weight excluding hydrogens is 539 g/mol. The summed E-state index contributed by atoms with van der Waals surface area (Å²) >= 11 is 0. The Bertz CT molecular complexity index is 1210. The van der Waals surface area contributed by atoms with Crippen molar-refractivity contribution in [3.63, 3.8) is 0 Å². The van der Waals surface area contributed by atoms with Crippen molar-refractivity contribution in [1.29, 1.82) is 0 Å². The quantitative estimate of drug-likeness (QED) is 0.466. The van der Waals surface area contributed by atoms with Gasteiger partial charge in [-0.1, -0.05) is 12.1 Å². The van der Waals surface area contributed by atoms with Gasteiger partial charge in [0.25, 0.3) is 5.91 Å². The lowest BCUT2D eigenvalue weighted by atomic mass is 9.78. The number of pyridine rings is 1. The Morgan fingerprint density at radius 1 is 1.07 bits per heavy atom. The fourth-order valence-electron chi connectivity index (χ4n) is 5.99. The van der Waals surface area contributed by atoms with Crippen LogP contribution in [0.2, 0.25) is 0 Å². The maximum atomic E-state index is 12.9. The van der Waals surface area contributed by atoms with Crippen molar-refractivity contribution in [1.82, 2.24) is 20.5 Å². The summed E-state index contributed by atoms with van der Waals surface area (Å²) in [5, 5.41) is 16.7. The fourth-order valence-corrected chi connectivity index (χ4v) is 5.99. The van der Waals surface area contributed by atoms with Crippen LogP contribution in [0.5, 0.6) is 0 Å². The molecule has 1 aliphatic carbocycles. The second-order valence-electron chi connectivity index (χ2n) is 11.1. The summed E-state index contributed by atoms with van der Waals surface area (Å²) in [5.74, 6) is -0.224. The second-order valence-corrected chi connectivity index (χ2v) is 11.1. The highest BCUT2D eigenvalue weighted by atomic mass is 19.4. The number of carbonyl (C=O) groups is 2. The number of anilines is 1. The van der Waals surface area contributed by atoms with Crippen LogP contribution in [0, 0.1) is 0 Å². The highest BCUT2D eigenvalue weighted by molar-refractivity contribution is 5.96. The summed E-state index contributed by atoms with van der Waals surface area (Å²) in [7, 11) is 0. The van der Waals surface area contributed by atoms with Crippen LogP contribution in [0.25, 0.3) is 0 Å². The lowest BCUT2D eigenvalue weighted by molar-refractivity contribution is -0.137. The molecule has 0 bridgehead atoms. The highest BCUT2D eigenvalue weighted by Crippen LogP contribution is 2.39. The maximum absolute atomic E-state index is 12.9. The van der Waals surface area contributed by atoms with Crippen LogP contribution < -0.4 is 15.5 Å². The maximum Gasteiger partial charge on any atom is 0.416 e. The summed E-state index contributed by atoms with van der Waals surface area (Å²) in [6.07, 6.45) is 0.922. The average molecular weight is 576 g/mol. The van der Waals surface area contributed by atoms with Crippen LogP contribution in [0.3, 0.4) is 0 Å². The van der Waals surface area contributed by atoms with Gasteiger partial charge < -0.3 is 25.4 Å². The van der Waals surface area contributed by atoms with Gasteiger partial charge in [0, 0.05) is 55.6 Å². The molecule has 1 saturated carbocycles. The minimum Gasteiger partial charge on any atom is -0.385 e. The summed E-state index contributed by atoms with van der Waals surface area (Å²) in [4.78, 5) is 33.8. The van der Waals surface area contributed by atoms with E-state index in [0.29, 0.717) is 38.6 Å². The smallest absolute Gasteiger partial charge is 0.385 e. The van der Waals surface area contributed by atoms with E-state index in [9.17, 15) is 27.9 Å². The minimum absolute atomic E-state index is 0.0781. The van der Waals surface area contributed by atoms with Crippen molar-refractivity contribution < 1.29 is 32.6 Å². The molecule has 1 aromatic carbocycles. The first kappa shape index (κ1) is 29.3. The van der Waals surface area contributed by atoms with Gasteiger partial charge in [0.05, 0.1) is 30.9 Å². The summed E-state index contributed by atoms with van der Waals surface area (Å²) in [6.45, 7) is 4.17. The number of aliphatic hydroxyl groups is 1. The van der Waals surface area contributed by atoms with Gasteiger partial charge in [-0.25, -0.2) is 4.98 Å². The molecule has 3 aliphatic rings. The monoisotopic (exact) mass is 575 g/mol. The number of benzene rings is 1. The van der Waals surface area contributed by atoms with Crippen molar-refractivity contribution >= 4 is 17.6 Å². The zero-order valence-corrected chi connectivity index (χ0v) is 22.8. The predicted octanol–water partition coefficient (Wildman–Crippen LogP) is 2.69. The van der Waals surface area contributed by atoms with Crippen LogP contribution in [-0.2, 0) is 21.3 Å². The molecule has 12 heteroatoms. The highest BCUT2D eigenvalue weighted by Gasteiger charge is 2.39. The van der Waals surface area contributed by atoms with E-state index in [0.717, 1.165) is 68.5 Å². The molecule has 9 nitrogen and oxygen atoms in total. The molecule has 0 spiro atoms. The van der Waals surface area contributed by atoms with E-state index in [1.165, 1.54) is 6.07 Å². The molecule has 2 aromatic rings. The first-order valence-corrected chi connectivity index (χ1v) is 14.1. The van der Waals surface area contributed by atoms with Crippen LogP contribution in [0.1, 0.15) is 53.6 Å². The SMILES string of the molecule is O=C(CNC(=O)c1cccc(C(F)(F)F)c1)NC1CCN(C2CCC(O)(c3ccc(N4CCOCC4)nc3)CC2)C1. The Balaban J connectivity index is 1.05. The number of rotatable bonds is 7. The van der Waals surface area contributed by atoms with Gasteiger partial charge in [-0.15, -0.1) is 0 Å². The number of likely N-dealkylation sites (tertiary alicyclic amines) is 1. The number of amides is 2.